The third-order valence-electron chi connectivity index (χ3n) is 3.61. The third-order valence-corrected chi connectivity index (χ3v) is 3.81. The van der Waals surface area contributed by atoms with E-state index >= 15 is 0 Å². The molecule has 1 aromatic rings. The van der Waals surface area contributed by atoms with Crippen molar-refractivity contribution in [3.8, 4) is 0 Å². The highest BCUT2D eigenvalue weighted by Gasteiger charge is 2.31. The lowest BCUT2D eigenvalue weighted by molar-refractivity contribution is -0.0416. The summed E-state index contributed by atoms with van der Waals surface area (Å²) in [5.41, 5.74) is 0. The molecule has 2 saturated heterocycles. The van der Waals surface area contributed by atoms with E-state index in [0.29, 0.717) is 11.2 Å². The fourth-order valence-corrected chi connectivity index (χ4v) is 2.80. The van der Waals surface area contributed by atoms with Gasteiger partial charge in [-0.05, 0) is 19.4 Å². The number of nitrogens with zero attached hydrogens (tertiary/aromatic N) is 3. The fourth-order valence-electron chi connectivity index (χ4n) is 2.66. The molecule has 1 N–H and O–H groups in total. The minimum absolute atomic E-state index is 0.230. The van der Waals surface area contributed by atoms with Crippen LogP contribution in [0.3, 0.4) is 0 Å². The molecule has 0 aliphatic carbocycles. The van der Waals surface area contributed by atoms with Gasteiger partial charge in [0, 0.05) is 25.2 Å². The van der Waals surface area contributed by atoms with Crippen molar-refractivity contribution in [2.75, 3.05) is 31.6 Å². The SMILES string of the molecule is Clc1cc(NCC2CN3CCCC3CO2)ncn1. The van der Waals surface area contributed by atoms with Gasteiger partial charge in [0.15, 0.2) is 0 Å². The van der Waals surface area contributed by atoms with Gasteiger partial charge in [-0.1, -0.05) is 11.6 Å². The second-order valence-electron chi connectivity index (χ2n) is 4.85. The van der Waals surface area contributed by atoms with Crippen LogP contribution in [-0.4, -0.2) is 53.3 Å². The van der Waals surface area contributed by atoms with Crippen molar-refractivity contribution in [3.63, 3.8) is 0 Å². The van der Waals surface area contributed by atoms with Crippen molar-refractivity contribution in [2.45, 2.75) is 25.0 Å². The van der Waals surface area contributed by atoms with E-state index in [1.807, 2.05) is 0 Å². The summed E-state index contributed by atoms with van der Waals surface area (Å²) in [7, 11) is 0. The lowest BCUT2D eigenvalue weighted by Crippen LogP contribution is -2.48. The molecule has 2 aliphatic heterocycles. The van der Waals surface area contributed by atoms with E-state index in [2.05, 4.69) is 20.2 Å². The van der Waals surface area contributed by atoms with Crippen LogP contribution >= 0.6 is 11.6 Å². The van der Waals surface area contributed by atoms with E-state index in [4.69, 9.17) is 16.3 Å². The smallest absolute Gasteiger partial charge is 0.134 e. The standard InChI is InChI=1S/C12H17ClN4O/c13-11-4-12(16-8-15-11)14-5-10-6-17-3-1-2-9(17)7-18-10/h4,8-10H,1-3,5-7H2,(H,14,15,16). The number of aromatic nitrogens is 2. The van der Waals surface area contributed by atoms with Gasteiger partial charge in [-0.15, -0.1) is 0 Å². The molecule has 2 unspecified atom stereocenters. The molecule has 0 amide bonds. The number of fused-ring (bicyclic) bond motifs is 1. The van der Waals surface area contributed by atoms with Crippen LogP contribution in [0.2, 0.25) is 5.15 Å². The Morgan fingerprint density at radius 1 is 1.50 bits per heavy atom. The number of morpholine rings is 1. The monoisotopic (exact) mass is 268 g/mol. The summed E-state index contributed by atoms with van der Waals surface area (Å²) in [6, 6.07) is 2.37. The predicted octanol–water partition coefficient (Wildman–Crippen LogP) is 1.41. The summed E-state index contributed by atoms with van der Waals surface area (Å²) in [6.07, 6.45) is 4.27. The lowest BCUT2D eigenvalue weighted by atomic mass is 10.2. The maximum atomic E-state index is 5.86. The van der Waals surface area contributed by atoms with Crippen LogP contribution in [-0.2, 0) is 4.74 Å². The average molecular weight is 269 g/mol. The molecule has 0 saturated carbocycles. The van der Waals surface area contributed by atoms with Crippen LogP contribution in [0, 0.1) is 0 Å². The normalized spacial score (nSPS) is 28.1. The molecule has 18 heavy (non-hydrogen) atoms. The Kier molecular flexibility index (Phi) is 3.63. The van der Waals surface area contributed by atoms with Gasteiger partial charge in [0.2, 0.25) is 0 Å². The van der Waals surface area contributed by atoms with Crippen LogP contribution in [0.4, 0.5) is 5.82 Å². The van der Waals surface area contributed by atoms with Gasteiger partial charge < -0.3 is 10.1 Å². The van der Waals surface area contributed by atoms with E-state index in [1.165, 1.54) is 25.7 Å². The van der Waals surface area contributed by atoms with Crippen molar-refractivity contribution in [1.29, 1.82) is 0 Å². The predicted molar refractivity (Wildman–Crippen MR) is 69.9 cm³/mol. The van der Waals surface area contributed by atoms with Gasteiger partial charge in [0.1, 0.15) is 17.3 Å². The molecule has 0 bridgehead atoms. The molecule has 98 valence electrons. The van der Waals surface area contributed by atoms with E-state index in [9.17, 15) is 0 Å². The van der Waals surface area contributed by atoms with Gasteiger partial charge in [0.05, 0.1) is 12.7 Å². The largest absolute Gasteiger partial charge is 0.373 e. The topological polar surface area (TPSA) is 50.3 Å². The van der Waals surface area contributed by atoms with Gasteiger partial charge in [-0.2, -0.15) is 0 Å². The van der Waals surface area contributed by atoms with Gasteiger partial charge >= 0.3 is 0 Å². The third kappa shape index (κ3) is 2.74. The van der Waals surface area contributed by atoms with Crippen LogP contribution in [0.25, 0.3) is 0 Å². The number of rotatable bonds is 3. The second kappa shape index (κ2) is 5.38. The van der Waals surface area contributed by atoms with Gasteiger partial charge in [0.25, 0.3) is 0 Å². The highest BCUT2D eigenvalue weighted by Crippen LogP contribution is 2.22. The first kappa shape index (κ1) is 12.1. The van der Waals surface area contributed by atoms with E-state index in [0.717, 1.165) is 25.5 Å². The summed E-state index contributed by atoms with van der Waals surface area (Å²) in [4.78, 5) is 10.5. The first-order valence-electron chi connectivity index (χ1n) is 6.38. The molecule has 5 nitrogen and oxygen atoms in total. The molecule has 6 heteroatoms. The van der Waals surface area contributed by atoms with Gasteiger partial charge in [-0.3, -0.25) is 4.90 Å². The highest BCUT2D eigenvalue weighted by atomic mass is 35.5. The second-order valence-corrected chi connectivity index (χ2v) is 5.24. The number of ether oxygens (including phenoxy) is 1. The van der Waals surface area contributed by atoms with E-state index < -0.39 is 0 Å². The van der Waals surface area contributed by atoms with E-state index in [1.54, 1.807) is 6.07 Å². The minimum atomic E-state index is 0.230. The molecule has 3 heterocycles. The maximum Gasteiger partial charge on any atom is 0.134 e. The summed E-state index contributed by atoms with van der Waals surface area (Å²) < 4.78 is 5.86. The molecule has 0 radical (unpaired) electrons. The number of nitrogens with one attached hydrogen (secondary N) is 1. The molecule has 2 aliphatic rings. The van der Waals surface area contributed by atoms with Crippen molar-refractivity contribution in [2.24, 2.45) is 0 Å². The molecule has 2 fully saturated rings. The molecular weight excluding hydrogens is 252 g/mol. The van der Waals surface area contributed by atoms with Gasteiger partial charge in [-0.25, -0.2) is 9.97 Å². The fraction of sp³-hybridized carbons (Fsp3) is 0.667. The summed E-state index contributed by atoms with van der Waals surface area (Å²) in [6.45, 7) is 3.84. The zero-order valence-corrected chi connectivity index (χ0v) is 10.9. The van der Waals surface area contributed by atoms with Crippen molar-refractivity contribution < 1.29 is 4.74 Å². The van der Waals surface area contributed by atoms with Crippen molar-refractivity contribution >= 4 is 17.4 Å². The highest BCUT2D eigenvalue weighted by molar-refractivity contribution is 6.29. The Labute approximate surface area is 112 Å². The summed E-state index contributed by atoms with van der Waals surface area (Å²) in [5.74, 6) is 0.752. The number of hydrogen-bond donors (Lipinski definition) is 1. The lowest BCUT2D eigenvalue weighted by Gasteiger charge is -2.35. The Bertz CT molecular complexity index is 417. The van der Waals surface area contributed by atoms with E-state index in [-0.39, 0.29) is 6.10 Å². The zero-order chi connectivity index (χ0) is 12.4. The first-order valence-corrected chi connectivity index (χ1v) is 6.76. The Hall–Kier alpha value is -0.910. The number of hydrogen-bond acceptors (Lipinski definition) is 5. The molecule has 2 atom stereocenters. The number of anilines is 1. The number of halogens is 1. The summed E-state index contributed by atoms with van der Waals surface area (Å²) in [5, 5.41) is 3.70. The van der Waals surface area contributed by atoms with Crippen LogP contribution in [0.15, 0.2) is 12.4 Å². The molecule has 3 rings (SSSR count). The molecule has 0 spiro atoms. The van der Waals surface area contributed by atoms with Crippen LogP contribution < -0.4 is 5.32 Å². The minimum Gasteiger partial charge on any atom is -0.373 e. The molecule has 1 aromatic heterocycles. The first-order chi connectivity index (χ1) is 8.81. The average Bonchev–Trinajstić information content (AvgIpc) is 2.84. The Morgan fingerprint density at radius 3 is 3.33 bits per heavy atom. The zero-order valence-electron chi connectivity index (χ0n) is 10.2. The quantitative estimate of drug-likeness (QED) is 0.840. The van der Waals surface area contributed by atoms with Crippen LogP contribution in [0.5, 0.6) is 0 Å². The Morgan fingerprint density at radius 2 is 2.44 bits per heavy atom. The van der Waals surface area contributed by atoms with Crippen molar-refractivity contribution in [1.82, 2.24) is 14.9 Å². The Balaban J connectivity index is 1.51. The van der Waals surface area contributed by atoms with Crippen molar-refractivity contribution in [3.05, 3.63) is 17.5 Å². The molecule has 0 aromatic carbocycles. The van der Waals surface area contributed by atoms with Crippen LogP contribution in [0.1, 0.15) is 12.8 Å². The molecular formula is C12H17ClN4O. The summed E-state index contributed by atoms with van der Waals surface area (Å²) >= 11 is 5.81. The maximum absolute atomic E-state index is 5.86.